The van der Waals surface area contributed by atoms with Gasteiger partial charge in [-0.2, -0.15) is 0 Å². The van der Waals surface area contributed by atoms with E-state index in [0.29, 0.717) is 18.0 Å². The first-order valence-electron chi connectivity index (χ1n) is 7.73. The Kier molecular flexibility index (Phi) is 6.52. The average molecular weight is 366 g/mol. The Labute approximate surface area is 151 Å². The molecule has 0 saturated heterocycles. The van der Waals surface area contributed by atoms with Gasteiger partial charge < -0.3 is 20.1 Å². The Morgan fingerprint density at radius 3 is 2.40 bits per heavy atom. The van der Waals surface area contributed by atoms with Crippen LogP contribution in [0.1, 0.15) is 19.4 Å². The van der Waals surface area contributed by atoms with Crippen molar-refractivity contribution in [1.29, 1.82) is 0 Å². The van der Waals surface area contributed by atoms with E-state index < -0.39 is 11.6 Å². The third-order valence-corrected chi connectivity index (χ3v) is 3.49. The fourth-order valence-electron chi connectivity index (χ4n) is 2.13. The minimum Gasteiger partial charge on any atom is -0.493 e. The van der Waals surface area contributed by atoms with Crippen LogP contribution >= 0.6 is 12.2 Å². The molecule has 0 saturated carbocycles. The minimum absolute atomic E-state index is 0.0327. The van der Waals surface area contributed by atoms with Crippen LogP contribution < -0.4 is 20.1 Å². The molecule has 2 rings (SSSR count). The van der Waals surface area contributed by atoms with Crippen molar-refractivity contribution in [2.45, 2.75) is 26.5 Å². The van der Waals surface area contributed by atoms with Gasteiger partial charge in [0.05, 0.1) is 13.2 Å². The molecule has 0 atom stereocenters. The summed E-state index contributed by atoms with van der Waals surface area (Å²) >= 11 is 5.09. The molecule has 0 aliphatic rings. The van der Waals surface area contributed by atoms with E-state index in [1.54, 1.807) is 7.11 Å². The van der Waals surface area contributed by atoms with Crippen molar-refractivity contribution < 1.29 is 18.3 Å². The molecule has 0 heterocycles. The zero-order chi connectivity index (χ0) is 18.4. The lowest BCUT2D eigenvalue weighted by Gasteiger charge is -2.15. The number of methoxy groups -OCH3 is 1. The van der Waals surface area contributed by atoms with Crippen LogP contribution in [0.3, 0.4) is 0 Å². The van der Waals surface area contributed by atoms with Crippen molar-refractivity contribution in [3.63, 3.8) is 0 Å². The number of benzene rings is 2. The number of anilines is 1. The second kappa shape index (κ2) is 8.62. The van der Waals surface area contributed by atoms with Gasteiger partial charge in [0.2, 0.25) is 0 Å². The Morgan fingerprint density at radius 2 is 1.80 bits per heavy atom. The number of ether oxygens (including phenoxy) is 2. The first kappa shape index (κ1) is 18.9. The number of rotatable bonds is 6. The van der Waals surface area contributed by atoms with Crippen LogP contribution in [0, 0.1) is 11.6 Å². The maximum Gasteiger partial charge on any atom is 0.171 e. The first-order valence-corrected chi connectivity index (χ1v) is 8.14. The standard InChI is InChI=1S/C18H20F2N2O2S/c1-11(2)24-15-8-7-12(9-16(15)23-3)10-21-18(25)22-17-13(19)5-4-6-14(17)20/h4-9,11H,10H2,1-3H3,(H2,21,22,25). The monoisotopic (exact) mass is 366 g/mol. The summed E-state index contributed by atoms with van der Waals surface area (Å²) in [5.74, 6) is -0.163. The summed E-state index contributed by atoms with van der Waals surface area (Å²) in [6.45, 7) is 4.22. The molecule has 4 nitrogen and oxygen atoms in total. The van der Waals surface area contributed by atoms with E-state index in [9.17, 15) is 8.78 Å². The highest BCUT2D eigenvalue weighted by Crippen LogP contribution is 2.29. The minimum atomic E-state index is -0.707. The third-order valence-electron chi connectivity index (χ3n) is 3.25. The normalized spacial score (nSPS) is 10.5. The van der Waals surface area contributed by atoms with Crippen molar-refractivity contribution in [3.8, 4) is 11.5 Å². The molecule has 0 fully saturated rings. The second-order valence-electron chi connectivity index (χ2n) is 5.56. The molecule has 0 aliphatic carbocycles. The van der Waals surface area contributed by atoms with Crippen molar-refractivity contribution in [2.75, 3.05) is 12.4 Å². The van der Waals surface area contributed by atoms with Crippen LogP contribution in [-0.2, 0) is 6.54 Å². The number of hydrogen-bond acceptors (Lipinski definition) is 3. The summed E-state index contributed by atoms with van der Waals surface area (Å²) in [5.41, 5.74) is 0.601. The predicted octanol–water partition coefficient (Wildman–Crippen LogP) is 4.25. The lowest BCUT2D eigenvalue weighted by Crippen LogP contribution is -2.28. The highest BCUT2D eigenvalue weighted by molar-refractivity contribution is 7.80. The van der Waals surface area contributed by atoms with E-state index in [-0.39, 0.29) is 16.9 Å². The van der Waals surface area contributed by atoms with E-state index in [4.69, 9.17) is 21.7 Å². The van der Waals surface area contributed by atoms with Crippen LogP contribution in [0.4, 0.5) is 14.5 Å². The summed E-state index contributed by atoms with van der Waals surface area (Å²) in [7, 11) is 1.56. The van der Waals surface area contributed by atoms with Gasteiger partial charge in [-0.15, -0.1) is 0 Å². The molecule has 2 aromatic carbocycles. The van der Waals surface area contributed by atoms with Gasteiger partial charge in [-0.3, -0.25) is 0 Å². The quantitative estimate of drug-likeness (QED) is 0.749. The van der Waals surface area contributed by atoms with Crippen LogP contribution in [0.5, 0.6) is 11.5 Å². The molecule has 0 unspecified atom stereocenters. The lowest BCUT2D eigenvalue weighted by molar-refractivity contribution is 0.230. The van der Waals surface area contributed by atoms with E-state index in [1.165, 1.54) is 6.07 Å². The molecule has 0 bridgehead atoms. The molecule has 2 N–H and O–H groups in total. The molecule has 134 valence electrons. The van der Waals surface area contributed by atoms with Gasteiger partial charge in [-0.1, -0.05) is 12.1 Å². The lowest BCUT2D eigenvalue weighted by atomic mass is 10.2. The van der Waals surface area contributed by atoms with E-state index in [2.05, 4.69) is 10.6 Å². The highest BCUT2D eigenvalue weighted by atomic mass is 32.1. The topological polar surface area (TPSA) is 42.5 Å². The van der Waals surface area contributed by atoms with Crippen molar-refractivity contribution in [1.82, 2.24) is 5.32 Å². The summed E-state index contributed by atoms with van der Waals surface area (Å²) in [5, 5.41) is 5.55. The number of thiocarbonyl (C=S) groups is 1. The molecule has 0 amide bonds. The van der Waals surface area contributed by atoms with Crippen molar-refractivity contribution in [3.05, 3.63) is 53.6 Å². The molecular formula is C18H20F2N2O2S. The molecular weight excluding hydrogens is 346 g/mol. The molecule has 7 heteroatoms. The fraction of sp³-hybridized carbons (Fsp3) is 0.278. The van der Waals surface area contributed by atoms with Gasteiger partial charge in [-0.05, 0) is 55.9 Å². The van der Waals surface area contributed by atoms with Crippen LogP contribution in [0.15, 0.2) is 36.4 Å². The van der Waals surface area contributed by atoms with Gasteiger partial charge in [-0.25, -0.2) is 8.78 Å². The van der Waals surface area contributed by atoms with Crippen LogP contribution in [0.25, 0.3) is 0 Å². The van der Waals surface area contributed by atoms with Crippen molar-refractivity contribution in [2.24, 2.45) is 0 Å². The molecule has 0 aliphatic heterocycles. The van der Waals surface area contributed by atoms with Gasteiger partial charge in [0.1, 0.15) is 17.3 Å². The predicted molar refractivity (Wildman–Crippen MR) is 98.2 cm³/mol. The Balaban J connectivity index is 2.00. The summed E-state index contributed by atoms with van der Waals surface area (Å²) in [6.07, 6.45) is 0.0327. The Bertz CT molecular complexity index is 734. The average Bonchev–Trinajstić information content (AvgIpc) is 2.57. The third kappa shape index (κ3) is 5.29. The maximum atomic E-state index is 13.6. The van der Waals surface area contributed by atoms with Gasteiger partial charge in [0.15, 0.2) is 16.6 Å². The Hall–Kier alpha value is -2.41. The largest absolute Gasteiger partial charge is 0.493 e. The molecule has 0 radical (unpaired) electrons. The number of para-hydroxylation sites is 1. The van der Waals surface area contributed by atoms with Gasteiger partial charge in [0, 0.05) is 6.54 Å². The zero-order valence-corrected chi connectivity index (χ0v) is 15.0. The SMILES string of the molecule is COc1cc(CNC(=S)Nc2c(F)cccc2F)ccc1OC(C)C. The number of hydrogen-bond donors (Lipinski definition) is 2. The van der Waals surface area contributed by atoms with E-state index in [1.807, 2.05) is 32.0 Å². The van der Waals surface area contributed by atoms with Gasteiger partial charge in [0.25, 0.3) is 0 Å². The second-order valence-corrected chi connectivity index (χ2v) is 5.96. The molecule has 0 aromatic heterocycles. The van der Waals surface area contributed by atoms with E-state index >= 15 is 0 Å². The summed E-state index contributed by atoms with van der Waals surface area (Å²) in [4.78, 5) is 0. The number of halogens is 2. The summed E-state index contributed by atoms with van der Waals surface area (Å²) in [6, 6.07) is 9.09. The summed E-state index contributed by atoms with van der Waals surface area (Å²) < 4.78 is 38.2. The molecule has 25 heavy (non-hydrogen) atoms. The van der Waals surface area contributed by atoms with Gasteiger partial charge >= 0.3 is 0 Å². The molecule has 2 aromatic rings. The number of nitrogens with one attached hydrogen (secondary N) is 2. The Morgan fingerprint density at radius 1 is 1.12 bits per heavy atom. The maximum absolute atomic E-state index is 13.6. The van der Waals surface area contributed by atoms with Crippen molar-refractivity contribution >= 4 is 23.0 Å². The first-order chi connectivity index (χ1) is 11.9. The smallest absolute Gasteiger partial charge is 0.171 e. The highest BCUT2D eigenvalue weighted by Gasteiger charge is 2.11. The zero-order valence-electron chi connectivity index (χ0n) is 14.2. The van der Waals surface area contributed by atoms with Crippen LogP contribution in [0.2, 0.25) is 0 Å². The van der Waals surface area contributed by atoms with Crippen LogP contribution in [-0.4, -0.2) is 18.3 Å². The fourth-order valence-corrected chi connectivity index (χ4v) is 2.30. The van der Waals surface area contributed by atoms with E-state index in [0.717, 1.165) is 17.7 Å². The molecule has 0 spiro atoms.